The molecular weight excluding hydrogens is 304 g/mol. The Morgan fingerprint density at radius 3 is 2.54 bits per heavy atom. The van der Waals surface area contributed by atoms with Crippen LogP contribution in [-0.4, -0.2) is 17.7 Å². The summed E-state index contributed by atoms with van der Waals surface area (Å²) in [5, 5.41) is 8.56. The van der Waals surface area contributed by atoms with Crippen molar-refractivity contribution in [3.8, 4) is 11.5 Å². The van der Waals surface area contributed by atoms with E-state index in [-0.39, 0.29) is 0 Å². The van der Waals surface area contributed by atoms with Crippen LogP contribution in [0.25, 0.3) is 6.08 Å². The Morgan fingerprint density at radius 2 is 1.83 bits per heavy atom. The van der Waals surface area contributed by atoms with E-state index in [2.05, 4.69) is 0 Å². The molecule has 0 aliphatic carbocycles. The molecule has 0 aliphatic heterocycles. The molecule has 0 atom stereocenters. The van der Waals surface area contributed by atoms with Gasteiger partial charge in [0.2, 0.25) is 0 Å². The zero-order valence-corrected chi connectivity index (χ0v) is 13.5. The molecule has 0 aromatic heterocycles. The Kier molecular flexibility index (Phi) is 6.65. The highest BCUT2D eigenvalue weighted by molar-refractivity contribution is 5.80. The van der Waals surface area contributed by atoms with Gasteiger partial charge in [0.05, 0.1) is 6.61 Å². The molecule has 0 unspecified atom stereocenters. The second kappa shape index (κ2) is 9.20. The van der Waals surface area contributed by atoms with Crippen molar-refractivity contribution in [1.29, 1.82) is 0 Å². The lowest BCUT2D eigenvalue weighted by Crippen LogP contribution is -1.99. The van der Waals surface area contributed by atoms with E-state index in [0.717, 1.165) is 17.2 Å². The third kappa shape index (κ3) is 5.65. The van der Waals surface area contributed by atoms with Crippen molar-refractivity contribution in [2.75, 3.05) is 6.61 Å². The molecule has 0 saturated carbocycles. The summed E-state index contributed by atoms with van der Waals surface area (Å²) in [5.74, 6) is 0.371. The first-order chi connectivity index (χ1) is 11.7. The Balaban J connectivity index is 2.09. The maximum atomic E-state index is 10.4. The Labute approximate surface area is 141 Å². The van der Waals surface area contributed by atoms with Gasteiger partial charge in [0, 0.05) is 6.08 Å². The molecule has 0 aliphatic rings. The predicted octanol–water partition coefficient (Wildman–Crippen LogP) is 4.32. The van der Waals surface area contributed by atoms with E-state index in [1.54, 1.807) is 6.08 Å². The van der Waals surface area contributed by atoms with Gasteiger partial charge < -0.3 is 14.6 Å². The van der Waals surface area contributed by atoms with Gasteiger partial charge in [-0.05, 0) is 30.2 Å². The summed E-state index contributed by atoms with van der Waals surface area (Å²) in [4.78, 5) is 10.4. The third-order valence-electron chi connectivity index (χ3n) is 3.14. The highest BCUT2D eigenvalue weighted by Gasteiger charge is 2.06. The average Bonchev–Trinajstić information content (AvgIpc) is 2.59. The fraction of sp³-hybridized carbons (Fsp3) is 0.150. The lowest BCUT2D eigenvalue weighted by molar-refractivity contribution is -0.131. The van der Waals surface area contributed by atoms with Crippen LogP contribution in [0.15, 0.2) is 66.8 Å². The minimum atomic E-state index is -0.973. The van der Waals surface area contributed by atoms with Crippen molar-refractivity contribution in [2.45, 2.75) is 13.5 Å². The second-order valence-corrected chi connectivity index (χ2v) is 4.97. The van der Waals surface area contributed by atoms with Crippen LogP contribution in [0.4, 0.5) is 0 Å². The lowest BCUT2D eigenvalue weighted by Gasteiger charge is -2.12. The number of ether oxygens (including phenoxy) is 2. The fourth-order valence-electron chi connectivity index (χ4n) is 2.06. The van der Waals surface area contributed by atoms with Crippen molar-refractivity contribution in [2.24, 2.45) is 0 Å². The molecule has 0 saturated heterocycles. The van der Waals surface area contributed by atoms with Gasteiger partial charge in [0.25, 0.3) is 0 Å². The maximum absolute atomic E-state index is 10.4. The molecule has 2 aromatic carbocycles. The Hall–Kier alpha value is -3.01. The van der Waals surface area contributed by atoms with E-state index in [9.17, 15) is 4.79 Å². The van der Waals surface area contributed by atoms with E-state index in [4.69, 9.17) is 14.6 Å². The standard InChI is InChI=1S/C20H20O4/c1-2-23-19-14-16(8-6-7-11-20(21)22)12-13-18(19)24-15-17-9-4-3-5-10-17/h3-14H,2,15H2,1H3,(H,21,22). The summed E-state index contributed by atoms with van der Waals surface area (Å²) in [6, 6.07) is 15.5. The Morgan fingerprint density at radius 1 is 1.04 bits per heavy atom. The zero-order chi connectivity index (χ0) is 17.2. The Bertz CT molecular complexity index is 718. The summed E-state index contributed by atoms with van der Waals surface area (Å²) in [7, 11) is 0. The van der Waals surface area contributed by atoms with Gasteiger partial charge in [-0.15, -0.1) is 0 Å². The van der Waals surface area contributed by atoms with Gasteiger partial charge in [-0.3, -0.25) is 0 Å². The molecule has 124 valence electrons. The minimum Gasteiger partial charge on any atom is -0.490 e. The van der Waals surface area contributed by atoms with Crippen molar-refractivity contribution in [1.82, 2.24) is 0 Å². The quantitative estimate of drug-likeness (QED) is 0.580. The number of carboxylic acid groups (broad SMARTS) is 1. The first kappa shape index (κ1) is 17.3. The smallest absolute Gasteiger partial charge is 0.328 e. The molecular formula is C20H20O4. The molecule has 2 rings (SSSR count). The fourth-order valence-corrected chi connectivity index (χ4v) is 2.06. The van der Waals surface area contributed by atoms with E-state index in [1.165, 1.54) is 6.08 Å². The number of hydrogen-bond donors (Lipinski definition) is 1. The topological polar surface area (TPSA) is 55.8 Å². The lowest BCUT2D eigenvalue weighted by atomic mass is 10.2. The molecule has 24 heavy (non-hydrogen) atoms. The predicted molar refractivity (Wildman–Crippen MR) is 94.2 cm³/mol. The van der Waals surface area contributed by atoms with E-state index in [0.29, 0.717) is 24.7 Å². The molecule has 4 heteroatoms. The molecule has 0 radical (unpaired) electrons. The number of aliphatic carboxylic acids is 1. The van der Waals surface area contributed by atoms with E-state index < -0.39 is 5.97 Å². The maximum Gasteiger partial charge on any atom is 0.328 e. The summed E-state index contributed by atoms with van der Waals surface area (Å²) in [6.07, 6.45) is 6.03. The number of hydrogen-bond acceptors (Lipinski definition) is 3. The first-order valence-electron chi connectivity index (χ1n) is 7.70. The monoisotopic (exact) mass is 324 g/mol. The molecule has 0 spiro atoms. The second-order valence-electron chi connectivity index (χ2n) is 4.97. The van der Waals surface area contributed by atoms with Gasteiger partial charge in [-0.2, -0.15) is 0 Å². The molecule has 2 aromatic rings. The summed E-state index contributed by atoms with van der Waals surface area (Å²) in [5.41, 5.74) is 1.99. The van der Waals surface area contributed by atoms with Crippen molar-refractivity contribution in [3.63, 3.8) is 0 Å². The minimum absolute atomic E-state index is 0.470. The van der Waals surface area contributed by atoms with Crippen molar-refractivity contribution >= 4 is 12.0 Å². The molecule has 1 N–H and O–H groups in total. The first-order valence-corrected chi connectivity index (χ1v) is 7.70. The molecule has 0 heterocycles. The van der Waals surface area contributed by atoms with Gasteiger partial charge in [0.15, 0.2) is 11.5 Å². The van der Waals surface area contributed by atoms with E-state index in [1.807, 2.05) is 61.5 Å². The summed E-state index contributed by atoms with van der Waals surface area (Å²) < 4.78 is 11.5. The highest BCUT2D eigenvalue weighted by atomic mass is 16.5. The number of carbonyl (C=O) groups is 1. The number of allylic oxidation sites excluding steroid dienone is 2. The normalized spacial score (nSPS) is 11.0. The molecule has 4 nitrogen and oxygen atoms in total. The number of benzene rings is 2. The van der Waals surface area contributed by atoms with Crippen LogP contribution in [0, 0.1) is 0 Å². The van der Waals surface area contributed by atoms with E-state index >= 15 is 0 Å². The van der Waals surface area contributed by atoms with Crippen LogP contribution in [0.2, 0.25) is 0 Å². The number of carboxylic acids is 1. The zero-order valence-electron chi connectivity index (χ0n) is 13.5. The largest absolute Gasteiger partial charge is 0.490 e. The summed E-state index contributed by atoms with van der Waals surface area (Å²) >= 11 is 0. The van der Waals surface area contributed by atoms with Crippen molar-refractivity contribution in [3.05, 3.63) is 77.9 Å². The molecule has 0 bridgehead atoms. The van der Waals surface area contributed by atoms with Gasteiger partial charge in [-0.1, -0.05) is 54.6 Å². The third-order valence-corrected chi connectivity index (χ3v) is 3.14. The van der Waals surface area contributed by atoms with Gasteiger partial charge >= 0.3 is 5.97 Å². The molecule has 0 fully saturated rings. The van der Waals surface area contributed by atoms with Crippen LogP contribution >= 0.6 is 0 Å². The number of rotatable bonds is 8. The van der Waals surface area contributed by atoms with Gasteiger partial charge in [-0.25, -0.2) is 4.79 Å². The van der Waals surface area contributed by atoms with Crippen LogP contribution in [0.3, 0.4) is 0 Å². The van der Waals surface area contributed by atoms with Gasteiger partial charge in [0.1, 0.15) is 6.61 Å². The van der Waals surface area contributed by atoms with Crippen LogP contribution < -0.4 is 9.47 Å². The SMILES string of the molecule is CCOc1cc(C=CC=CC(=O)O)ccc1OCc1ccccc1. The summed E-state index contributed by atoms with van der Waals surface area (Å²) in [6.45, 7) is 2.92. The molecule has 0 amide bonds. The highest BCUT2D eigenvalue weighted by Crippen LogP contribution is 2.29. The van der Waals surface area contributed by atoms with Crippen LogP contribution in [-0.2, 0) is 11.4 Å². The average molecular weight is 324 g/mol. The van der Waals surface area contributed by atoms with Crippen LogP contribution in [0.5, 0.6) is 11.5 Å². The van der Waals surface area contributed by atoms with Crippen LogP contribution in [0.1, 0.15) is 18.1 Å². The van der Waals surface area contributed by atoms with Crippen molar-refractivity contribution < 1.29 is 19.4 Å².